The molecule has 2 aromatic carbocycles. The first-order valence-electron chi connectivity index (χ1n) is 8.15. The van der Waals surface area contributed by atoms with Crippen molar-refractivity contribution in [3.63, 3.8) is 0 Å². The van der Waals surface area contributed by atoms with Crippen LogP contribution in [0.3, 0.4) is 0 Å². The number of aliphatic imine (C=N–C) groups is 1. The third-order valence-corrected chi connectivity index (χ3v) is 3.83. The van der Waals surface area contributed by atoms with Gasteiger partial charge in [-0.2, -0.15) is 0 Å². The van der Waals surface area contributed by atoms with E-state index in [1.165, 1.54) is 11.3 Å². The Kier molecular flexibility index (Phi) is 9.12. The van der Waals surface area contributed by atoms with Crippen LogP contribution in [0.5, 0.6) is 5.75 Å². The van der Waals surface area contributed by atoms with Crippen LogP contribution in [-0.4, -0.2) is 32.7 Å². The number of hydrogen-bond donors (Lipinski definition) is 2. The topological polar surface area (TPSA) is 62.9 Å². The molecule has 0 aromatic heterocycles. The second-order valence-corrected chi connectivity index (χ2v) is 5.49. The largest absolute Gasteiger partial charge is 0.497 e. The Morgan fingerprint density at radius 2 is 1.96 bits per heavy atom. The molecule has 0 aliphatic rings. The monoisotopic (exact) mass is 454 g/mol. The van der Waals surface area contributed by atoms with Crippen LogP contribution in [0.4, 0.5) is 11.4 Å². The van der Waals surface area contributed by atoms with Crippen molar-refractivity contribution in [2.45, 2.75) is 13.8 Å². The summed E-state index contributed by atoms with van der Waals surface area (Å²) < 4.78 is 5.20. The molecular formula is C19H27IN4O. The van der Waals surface area contributed by atoms with Crippen molar-refractivity contribution in [1.29, 1.82) is 0 Å². The molecule has 0 aliphatic carbocycles. The van der Waals surface area contributed by atoms with Crippen LogP contribution in [0.1, 0.15) is 12.5 Å². The lowest BCUT2D eigenvalue weighted by Crippen LogP contribution is -2.29. The third-order valence-electron chi connectivity index (χ3n) is 3.83. The van der Waals surface area contributed by atoms with Crippen LogP contribution in [0.2, 0.25) is 0 Å². The van der Waals surface area contributed by atoms with Crippen molar-refractivity contribution in [3.8, 4) is 5.75 Å². The fraction of sp³-hybridized carbons (Fsp3) is 0.316. The van der Waals surface area contributed by atoms with Gasteiger partial charge in [-0.3, -0.25) is 4.99 Å². The molecule has 0 bridgehead atoms. The Morgan fingerprint density at radius 3 is 2.64 bits per heavy atom. The van der Waals surface area contributed by atoms with Crippen molar-refractivity contribution in [1.82, 2.24) is 0 Å². The lowest BCUT2D eigenvalue weighted by Gasteiger charge is -2.24. The zero-order valence-corrected chi connectivity index (χ0v) is 17.4. The zero-order chi connectivity index (χ0) is 17.4. The Hall–Kier alpha value is -1.96. The van der Waals surface area contributed by atoms with Crippen LogP contribution in [0.15, 0.2) is 53.5 Å². The molecule has 3 N–H and O–H groups in total. The van der Waals surface area contributed by atoms with Crippen molar-refractivity contribution in [3.05, 3.63) is 54.1 Å². The first-order valence-corrected chi connectivity index (χ1v) is 8.15. The number of para-hydroxylation sites is 1. The number of rotatable bonds is 7. The average Bonchev–Trinajstić information content (AvgIpc) is 2.60. The smallest absolute Gasteiger partial charge is 0.193 e. The number of guanidine groups is 1. The quantitative estimate of drug-likeness (QED) is 0.379. The van der Waals surface area contributed by atoms with Gasteiger partial charge in [-0.1, -0.05) is 24.3 Å². The number of halogens is 1. The minimum atomic E-state index is 0. The average molecular weight is 454 g/mol. The van der Waals surface area contributed by atoms with Gasteiger partial charge in [-0.15, -0.1) is 24.0 Å². The number of hydrogen-bond acceptors (Lipinski definition) is 3. The highest BCUT2D eigenvalue weighted by atomic mass is 127. The highest BCUT2D eigenvalue weighted by Gasteiger charge is 2.06. The van der Waals surface area contributed by atoms with E-state index in [0.29, 0.717) is 12.5 Å². The molecule has 25 heavy (non-hydrogen) atoms. The maximum Gasteiger partial charge on any atom is 0.193 e. The first kappa shape index (κ1) is 21.1. The molecule has 0 unspecified atom stereocenters. The molecule has 5 nitrogen and oxygen atoms in total. The summed E-state index contributed by atoms with van der Waals surface area (Å²) in [5.41, 5.74) is 9.35. The van der Waals surface area contributed by atoms with Crippen molar-refractivity contribution in [2.24, 2.45) is 10.7 Å². The molecule has 6 heteroatoms. The van der Waals surface area contributed by atoms with Crippen LogP contribution in [0, 0.1) is 6.92 Å². The lowest BCUT2D eigenvalue weighted by atomic mass is 10.2. The number of nitrogens with one attached hydrogen (secondary N) is 1. The summed E-state index contributed by atoms with van der Waals surface area (Å²) in [4.78, 5) is 6.72. The van der Waals surface area contributed by atoms with Crippen LogP contribution >= 0.6 is 24.0 Å². The molecule has 0 amide bonds. The highest BCUT2D eigenvalue weighted by Crippen LogP contribution is 2.19. The van der Waals surface area contributed by atoms with Gasteiger partial charge in [-0.25, -0.2) is 0 Å². The van der Waals surface area contributed by atoms with E-state index >= 15 is 0 Å². The van der Waals surface area contributed by atoms with Gasteiger partial charge in [-0.05, 0) is 37.6 Å². The summed E-state index contributed by atoms with van der Waals surface area (Å²) in [6.07, 6.45) is 0. The van der Waals surface area contributed by atoms with Crippen molar-refractivity contribution in [2.75, 3.05) is 37.0 Å². The van der Waals surface area contributed by atoms with E-state index in [1.54, 1.807) is 7.11 Å². The SMILES string of the molecule is CCN(CCN=C(N)Nc1cccc(OC)c1)c1ccccc1C.I. The predicted octanol–water partition coefficient (Wildman–Crippen LogP) is 3.87. The summed E-state index contributed by atoms with van der Waals surface area (Å²) in [6, 6.07) is 16.0. The summed E-state index contributed by atoms with van der Waals surface area (Å²) in [5, 5.41) is 3.09. The Balaban J connectivity index is 0.00000312. The van der Waals surface area contributed by atoms with E-state index in [2.05, 4.69) is 53.3 Å². The van der Waals surface area contributed by atoms with Gasteiger partial charge in [0.15, 0.2) is 5.96 Å². The van der Waals surface area contributed by atoms with Crippen LogP contribution in [0.25, 0.3) is 0 Å². The summed E-state index contributed by atoms with van der Waals surface area (Å²) >= 11 is 0. The van der Waals surface area contributed by atoms with Gasteiger partial charge in [0.25, 0.3) is 0 Å². The number of anilines is 2. The molecule has 0 aliphatic heterocycles. The standard InChI is InChI=1S/C19H26N4O.HI/c1-4-23(18-11-6-5-8-15(18)2)13-12-21-19(20)22-16-9-7-10-17(14-16)24-3;/h5-11,14H,4,12-13H2,1-3H3,(H3,20,21,22);1H. The number of nitrogens with zero attached hydrogens (tertiary/aromatic N) is 2. The Labute approximate surface area is 167 Å². The summed E-state index contributed by atoms with van der Waals surface area (Å²) in [6.45, 7) is 6.66. The minimum absolute atomic E-state index is 0. The van der Waals surface area contributed by atoms with E-state index < -0.39 is 0 Å². The van der Waals surface area contributed by atoms with Crippen LogP contribution in [-0.2, 0) is 0 Å². The summed E-state index contributed by atoms with van der Waals surface area (Å²) in [5.74, 6) is 1.19. The van der Waals surface area contributed by atoms with Gasteiger partial charge in [0, 0.05) is 30.5 Å². The minimum Gasteiger partial charge on any atom is -0.497 e. The predicted molar refractivity (Wildman–Crippen MR) is 118 cm³/mol. The second kappa shape index (κ2) is 10.8. The molecule has 0 saturated heterocycles. The van der Waals surface area contributed by atoms with E-state index in [4.69, 9.17) is 10.5 Å². The number of aryl methyl sites for hydroxylation is 1. The molecule has 0 radical (unpaired) electrons. The van der Waals surface area contributed by atoms with Gasteiger partial charge in [0.05, 0.1) is 13.7 Å². The lowest BCUT2D eigenvalue weighted by molar-refractivity contribution is 0.415. The number of ether oxygens (including phenoxy) is 1. The van der Waals surface area contributed by atoms with Gasteiger partial charge in [0.2, 0.25) is 0 Å². The van der Waals surface area contributed by atoms with E-state index in [9.17, 15) is 0 Å². The van der Waals surface area contributed by atoms with Crippen LogP contribution < -0.4 is 20.7 Å². The Bertz CT molecular complexity index is 691. The number of likely N-dealkylation sites (N-methyl/N-ethyl adjacent to an activating group) is 1. The van der Waals surface area contributed by atoms with Crippen molar-refractivity contribution >= 4 is 41.3 Å². The molecule has 0 heterocycles. The Morgan fingerprint density at radius 1 is 1.20 bits per heavy atom. The fourth-order valence-corrected chi connectivity index (χ4v) is 2.55. The normalized spacial score (nSPS) is 10.8. The molecule has 0 saturated carbocycles. The molecule has 0 fully saturated rings. The summed E-state index contributed by atoms with van der Waals surface area (Å²) in [7, 11) is 1.64. The molecular weight excluding hydrogens is 427 g/mol. The van der Waals surface area contributed by atoms with Crippen molar-refractivity contribution < 1.29 is 4.74 Å². The second-order valence-electron chi connectivity index (χ2n) is 5.49. The maximum absolute atomic E-state index is 5.97. The van der Waals surface area contributed by atoms with Gasteiger partial charge in [0.1, 0.15) is 5.75 Å². The van der Waals surface area contributed by atoms with Gasteiger partial charge < -0.3 is 20.7 Å². The number of nitrogens with two attached hydrogens (primary N) is 1. The molecule has 0 spiro atoms. The van der Waals surface area contributed by atoms with E-state index in [0.717, 1.165) is 24.5 Å². The first-order chi connectivity index (χ1) is 11.6. The maximum atomic E-state index is 5.97. The van der Waals surface area contributed by atoms with E-state index in [1.807, 2.05) is 24.3 Å². The zero-order valence-electron chi connectivity index (χ0n) is 15.0. The number of methoxy groups -OCH3 is 1. The third kappa shape index (κ3) is 6.45. The van der Waals surface area contributed by atoms with Gasteiger partial charge >= 0.3 is 0 Å². The molecule has 2 aromatic rings. The molecule has 136 valence electrons. The fourth-order valence-electron chi connectivity index (χ4n) is 2.55. The number of benzene rings is 2. The molecule has 0 atom stereocenters. The van der Waals surface area contributed by atoms with E-state index in [-0.39, 0.29) is 24.0 Å². The highest BCUT2D eigenvalue weighted by molar-refractivity contribution is 14.0. The molecule has 2 rings (SSSR count).